The van der Waals surface area contributed by atoms with Crippen molar-refractivity contribution in [2.45, 2.75) is 24.2 Å². The molecule has 2 N–H and O–H groups in total. The largest absolute Gasteiger partial charge is 0.339 e. The Balaban J connectivity index is 1.70. The van der Waals surface area contributed by atoms with E-state index in [2.05, 4.69) is 15.5 Å². The molecule has 0 aliphatic carbocycles. The average Bonchev–Trinajstić information content (AvgIpc) is 2.97. The van der Waals surface area contributed by atoms with Gasteiger partial charge in [0.2, 0.25) is 11.7 Å². The fraction of sp³-hybridized carbons (Fsp3) is 0.429. The molecular formula is C14H17N3O3S. The van der Waals surface area contributed by atoms with Crippen molar-refractivity contribution in [3.63, 3.8) is 0 Å². The predicted molar refractivity (Wildman–Crippen MR) is 78.1 cm³/mol. The molecule has 2 heterocycles. The third kappa shape index (κ3) is 3.55. The third-order valence-corrected chi connectivity index (χ3v) is 4.38. The fourth-order valence-electron chi connectivity index (χ4n) is 2.51. The zero-order valence-corrected chi connectivity index (χ0v) is 12.3. The summed E-state index contributed by atoms with van der Waals surface area (Å²) in [6.45, 7) is 2.09. The van der Waals surface area contributed by atoms with E-state index in [9.17, 15) is 4.21 Å². The number of hydrogen-bond acceptors (Lipinski definition) is 5. The minimum absolute atomic E-state index is 0.358. The van der Waals surface area contributed by atoms with E-state index in [1.165, 1.54) is 0 Å². The molecule has 1 saturated heterocycles. The van der Waals surface area contributed by atoms with Gasteiger partial charge in [0.1, 0.15) is 0 Å². The Morgan fingerprint density at radius 3 is 2.67 bits per heavy atom. The van der Waals surface area contributed by atoms with E-state index in [1.54, 1.807) is 24.3 Å². The summed E-state index contributed by atoms with van der Waals surface area (Å²) in [5.41, 5.74) is 0.782. The first kappa shape index (κ1) is 14.4. The molecule has 1 aromatic heterocycles. The minimum atomic E-state index is -1.96. The molecule has 112 valence electrons. The van der Waals surface area contributed by atoms with Gasteiger partial charge in [0.15, 0.2) is 11.1 Å². The number of aromatic nitrogens is 2. The molecule has 1 fully saturated rings. The second-order valence-corrected chi connectivity index (χ2v) is 6.15. The van der Waals surface area contributed by atoms with Gasteiger partial charge in [0, 0.05) is 12.0 Å². The van der Waals surface area contributed by atoms with Crippen molar-refractivity contribution in [3.8, 4) is 11.4 Å². The van der Waals surface area contributed by atoms with Gasteiger partial charge in [0.05, 0.1) is 4.90 Å². The molecule has 21 heavy (non-hydrogen) atoms. The Hall–Kier alpha value is -1.57. The van der Waals surface area contributed by atoms with E-state index in [4.69, 9.17) is 9.08 Å². The normalized spacial score (nSPS) is 17.8. The zero-order valence-electron chi connectivity index (χ0n) is 11.5. The molecule has 0 saturated carbocycles. The molecule has 3 rings (SSSR count). The summed E-state index contributed by atoms with van der Waals surface area (Å²) in [4.78, 5) is 4.77. The maximum absolute atomic E-state index is 10.9. The van der Waals surface area contributed by atoms with Crippen LogP contribution in [0, 0.1) is 5.92 Å². The van der Waals surface area contributed by atoms with Gasteiger partial charge in [0.25, 0.3) is 0 Å². The van der Waals surface area contributed by atoms with Crippen LogP contribution in [0.15, 0.2) is 33.7 Å². The Kier molecular flexibility index (Phi) is 4.42. The number of nitrogens with one attached hydrogen (secondary N) is 1. The highest BCUT2D eigenvalue weighted by Crippen LogP contribution is 2.21. The van der Waals surface area contributed by atoms with Crippen molar-refractivity contribution >= 4 is 11.1 Å². The molecule has 1 atom stereocenters. The molecule has 7 heteroatoms. The van der Waals surface area contributed by atoms with Gasteiger partial charge in [-0.1, -0.05) is 5.16 Å². The molecule has 1 aromatic carbocycles. The standard InChI is InChI=1S/C14H17N3O3S/c18-21(19)12-3-1-11(2-4-12)14-16-13(20-17-14)9-10-5-7-15-8-6-10/h1-4,10,15H,5-9H2,(H,18,19). The Labute approximate surface area is 125 Å². The van der Waals surface area contributed by atoms with Crippen LogP contribution in [-0.4, -0.2) is 32.0 Å². The van der Waals surface area contributed by atoms with Crippen molar-refractivity contribution in [1.82, 2.24) is 15.5 Å². The maximum atomic E-state index is 10.9. The lowest BCUT2D eigenvalue weighted by Gasteiger charge is -2.20. The van der Waals surface area contributed by atoms with Crippen LogP contribution in [0.25, 0.3) is 11.4 Å². The van der Waals surface area contributed by atoms with Crippen LogP contribution in [0.4, 0.5) is 0 Å². The van der Waals surface area contributed by atoms with Crippen LogP contribution in [-0.2, 0) is 17.5 Å². The van der Waals surface area contributed by atoms with Crippen LogP contribution in [0.5, 0.6) is 0 Å². The van der Waals surface area contributed by atoms with E-state index < -0.39 is 11.1 Å². The fourth-order valence-corrected chi connectivity index (χ4v) is 2.88. The number of rotatable bonds is 4. The molecule has 0 spiro atoms. The molecule has 0 radical (unpaired) electrons. The number of benzene rings is 1. The zero-order chi connectivity index (χ0) is 14.7. The average molecular weight is 307 g/mol. The van der Waals surface area contributed by atoms with Crippen molar-refractivity contribution < 1.29 is 13.3 Å². The van der Waals surface area contributed by atoms with Crippen LogP contribution < -0.4 is 5.32 Å². The molecular weight excluding hydrogens is 290 g/mol. The lowest BCUT2D eigenvalue weighted by atomic mass is 9.95. The summed E-state index contributed by atoms with van der Waals surface area (Å²) >= 11 is -1.96. The highest BCUT2D eigenvalue weighted by Gasteiger charge is 2.17. The van der Waals surface area contributed by atoms with E-state index in [1.807, 2.05) is 0 Å². The summed E-state index contributed by atoms with van der Waals surface area (Å²) in [5, 5.41) is 7.32. The highest BCUT2D eigenvalue weighted by atomic mass is 32.2. The quantitative estimate of drug-likeness (QED) is 0.838. The van der Waals surface area contributed by atoms with Gasteiger partial charge in [-0.15, -0.1) is 0 Å². The molecule has 1 aliphatic heterocycles. The Bertz CT molecular complexity index is 621. The Morgan fingerprint density at radius 2 is 2.00 bits per heavy atom. The van der Waals surface area contributed by atoms with Gasteiger partial charge in [-0.05, 0) is 56.1 Å². The SMILES string of the molecule is O=S(O)c1ccc(-c2noc(CC3CCNCC3)n2)cc1. The molecule has 0 amide bonds. The number of piperidine rings is 1. The maximum Gasteiger partial charge on any atom is 0.227 e. The molecule has 2 aromatic rings. The highest BCUT2D eigenvalue weighted by molar-refractivity contribution is 7.79. The lowest BCUT2D eigenvalue weighted by molar-refractivity contribution is 0.313. The van der Waals surface area contributed by atoms with Gasteiger partial charge in [-0.25, -0.2) is 4.21 Å². The Morgan fingerprint density at radius 1 is 1.29 bits per heavy atom. The monoisotopic (exact) mass is 307 g/mol. The van der Waals surface area contributed by atoms with Crippen LogP contribution in [0.1, 0.15) is 18.7 Å². The van der Waals surface area contributed by atoms with Gasteiger partial charge in [-0.2, -0.15) is 4.98 Å². The summed E-state index contributed by atoms with van der Waals surface area (Å²) in [6.07, 6.45) is 3.08. The van der Waals surface area contributed by atoms with Gasteiger partial charge >= 0.3 is 0 Å². The van der Waals surface area contributed by atoms with Crippen LogP contribution in [0.2, 0.25) is 0 Å². The van der Waals surface area contributed by atoms with Gasteiger partial charge < -0.3 is 14.4 Å². The molecule has 6 nitrogen and oxygen atoms in total. The smallest absolute Gasteiger partial charge is 0.227 e. The lowest BCUT2D eigenvalue weighted by Crippen LogP contribution is -2.28. The molecule has 1 aliphatic rings. The number of hydrogen-bond donors (Lipinski definition) is 2. The molecule has 0 bridgehead atoms. The van der Waals surface area contributed by atoms with E-state index in [0.29, 0.717) is 22.5 Å². The summed E-state index contributed by atoms with van der Waals surface area (Å²) in [5.74, 6) is 1.78. The topological polar surface area (TPSA) is 88.2 Å². The number of nitrogens with zero attached hydrogens (tertiary/aromatic N) is 2. The van der Waals surface area contributed by atoms with E-state index >= 15 is 0 Å². The van der Waals surface area contributed by atoms with Crippen molar-refractivity contribution in [3.05, 3.63) is 30.2 Å². The van der Waals surface area contributed by atoms with E-state index in [-0.39, 0.29) is 0 Å². The summed E-state index contributed by atoms with van der Waals surface area (Å²) in [7, 11) is 0. The third-order valence-electron chi connectivity index (χ3n) is 3.70. The van der Waals surface area contributed by atoms with Crippen LogP contribution in [0.3, 0.4) is 0 Å². The van der Waals surface area contributed by atoms with Crippen molar-refractivity contribution in [1.29, 1.82) is 0 Å². The second kappa shape index (κ2) is 6.46. The first-order chi connectivity index (χ1) is 10.2. The van der Waals surface area contributed by atoms with Crippen molar-refractivity contribution in [2.24, 2.45) is 5.92 Å². The first-order valence-electron chi connectivity index (χ1n) is 6.97. The van der Waals surface area contributed by atoms with E-state index in [0.717, 1.165) is 37.9 Å². The molecule has 1 unspecified atom stereocenters. The van der Waals surface area contributed by atoms with Gasteiger partial charge in [-0.3, -0.25) is 0 Å². The summed E-state index contributed by atoms with van der Waals surface area (Å²) in [6, 6.07) is 6.63. The predicted octanol–water partition coefficient (Wildman–Crippen LogP) is 1.86. The minimum Gasteiger partial charge on any atom is -0.339 e. The second-order valence-electron chi connectivity index (χ2n) is 5.18. The summed E-state index contributed by atoms with van der Waals surface area (Å²) < 4.78 is 25.2. The van der Waals surface area contributed by atoms with Crippen molar-refractivity contribution in [2.75, 3.05) is 13.1 Å². The first-order valence-corrected chi connectivity index (χ1v) is 8.07. The van der Waals surface area contributed by atoms with Crippen LogP contribution >= 0.6 is 0 Å².